The highest BCUT2D eigenvalue weighted by Crippen LogP contribution is 2.37. The minimum absolute atomic E-state index is 0.321. The van der Waals surface area contributed by atoms with Crippen LogP contribution in [0.5, 0.6) is 11.5 Å². The van der Waals surface area contributed by atoms with Crippen LogP contribution in [-0.2, 0) is 12.2 Å². The van der Waals surface area contributed by atoms with Gasteiger partial charge in [-0.25, -0.2) is 0 Å². The second-order valence-electron chi connectivity index (χ2n) is 4.29. The van der Waals surface area contributed by atoms with Crippen molar-refractivity contribution in [3.05, 3.63) is 29.5 Å². The van der Waals surface area contributed by atoms with Gasteiger partial charge >= 0.3 is 0 Å². The fourth-order valence-electron chi connectivity index (χ4n) is 2.34. The molecule has 4 heteroatoms. The van der Waals surface area contributed by atoms with E-state index in [0.29, 0.717) is 6.79 Å². The summed E-state index contributed by atoms with van der Waals surface area (Å²) >= 11 is 1.98. The number of fused-ring (bicyclic) bond motifs is 3. The second kappa shape index (κ2) is 3.53. The lowest BCUT2D eigenvalue weighted by molar-refractivity contribution is 0.174. The lowest BCUT2D eigenvalue weighted by atomic mass is 10.1. The molecule has 0 fully saturated rings. The van der Waals surface area contributed by atoms with Gasteiger partial charge in [-0.2, -0.15) is 11.8 Å². The molecule has 86 valence electrons. The van der Waals surface area contributed by atoms with E-state index in [-0.39, 0.29) is 0 Å². The van der Waals surface area contributed by atoms with E-state index in [9.17, 15) is 0 Å². The van der Waals surface area contributed by atoms with E-state index in [4.69, 9.17) is 14.5 Å². The molecule has 3 nitrogen and oxygen atoms in total. The first-order valence-electron chi connectivity index (χ1n) is 5.70. The second-order valence-corrected chi connectivity index (χ2v) is 5.40. The molecule has 0 bridgehead atoms. The molecule has 1 aromatic heterocycles. The van der Waals surface area contributed by atoms with E-state index in [0.717, 1.165) is 34.6 Å². The van der Waals surface area contributed by atoms with Gasteiger partial charge in [0.05, 0.1) is 5.52 Å². The average molecular weight is 245 g/mol. The maximum Gasteiger partial charge on any atom is 0.231 e. The van der Waals surface area contributed by atoms with Gasteiger partial charge in [0, 0.05) is 22.9 Å². The van der Waals surface area contributed by atoms with Gasteiger partial charge in [-0.3, -0.25) is 4.98 Å². The monoisotopic (exact) mass is 245 g/mol. The molecule has 4 rings (SSSR count). The lowest BCUT2D eigenvalue weighted by Crippen LogP contribution is -2.05. The standard InChI is InChI=1S/C13H11NO2S/c1-2-17-6-9-3-8-4-12-13(16-7-15-12)5-11(8)14-10(1)9/h3-5H,1-2,6-7H2. The van der Waals surface area contributed by atoms with Crippen molar-refractivity contribution >= 4 is 22.7 Å². The third-order valence-corrected chi connectivity index (χ3v) is 4.23. The molecule has 2 aliphatic rings. The molecule has 2 aliphatic heterocycles. The first kappa shape index (κ1) is 9.59. The summed E-state index contributed by atoms with van der Waals surface area (Å²) in [6.07, 6.45) is 1.07. The number of benzene rings is 1. The quantitative estimate of drug-likeness (QED) is 0.714. The van der Waals surface area contributed by atoms with Crippen LogP contribution in [0.15, 0.2) is 18.2 Å². The van der Waals surface area contributed by atoms with E-state index in [2.05, 4.69) is 6.07 Å². The van der Waals surface area contributed by atoms with Crippen molar-refractivity contribution in [1.29, 1.82) is 0 Å². The van der Waals surface area contributed by atoms with Crippen LogP contribution in [0.1, 0.15) is 11.3 Å². The third-order valence-electron chi connectivity index (χ3n) is 3.22. The zero-order chi connectivity index (χ0) is 11.2. The van der Waals surface area contributed by atoms with Gasteiger partial charge in [0.25, 0.3) is 0 Å². The van der Waals surface area contributed by atoms with Crippen LogP contribution in [0, 0.1) is 0 Å². The fourth-order valence-corrected chi connectivity index (χ4v) is 3.29. The number of hydrogen-bond acceptors (Lipinski definition) is 4. The number of pyridine rings is 1. The third kappa shape index (κ3) is 1.47. The first-order valence-corrected chi connectivity index (χ1v) is 6.85. The van der Waals surface area contributed by atoms with Crippen molar-refractivity contribution < 1.29 is 9.47 Å². The Bertz CT molecular complexity index is 559. The summed E-state index contributed by atoms with van der Waals surface area (Å²) in [7, 11) is 0. The molecule has 1 aromatic carbocycles. The zero-order valence-corrected chi connectivity index (χ0v) is 10.0. The fraction of sp³-hybridized carbons (Fsp3) is 0.308. The number of aromatic nitrogens is 1. The molecule has 0 unspecified atom stereocenters. The SMILES string of the molecule is c1c2c(nc3cc4c(cc13)OCO4)CCSC2. The average Bonchev–Trinajstić information content (AvgIpc) is 2.80. The van der Waals surface area contributed by atoms with Crippen LogP contribution in [-0.4, -0.2) is 17.5 Å². The zero-order valence-electron chi connectivity index (χ0n) is 9.23. The van der Waals surface area contributed by atoms with Crippen molar-refractivity contribution in [3.63, 3.8) is 0 Å². The van der Waals surface area contributed by atoms with Crippen molar-refractivity contribution in [3.8, 4) is 11.5 Å². The van der Waals surface area contributed by atoms with Crippen LogP contribution in [0.2, 0.25) is 0 Å². The summed E-state index contributed by atoms with van der Waals surface area (Å²) in [4.78, 5) is 4.74. The van der Waals surface area contributed by atoms with Crippen LogP contribution in [0.3, 0.4) is 0 Å². The highest BCUT2D eigenvalue weighted by Gasteiger charge is 2.17. The van der Waals surface area contributed by atoms with E-state index < -0.39 is 0 Å². The Morgan fingerprint density at radius 1 is 1.12 bits per heavy atom. The molecule has 3 heterocycles. The molecular formula is C13H11NO2S. The van der Waals surface area contributed by atoms with Crippen LogP contribution in [0.25, 0.3) is 10.9 Å². The highest BCUT2D eigenvalue weighted by atomic mass is 32.2. The van der Waals surface area contributed by atoms with Crippen LogP contribution in [0.4, 0.5) is 0 Å². The predicted molar refractivity (Wildman–Crippen MR) is 67.7 cm³/mol. The van der Waals surface area contributed by atoms with Gasteiger partial charge < -0.3 is 9.47 Å². The molecule has 0 saturated heterocycles. The van der Waals surface area contributed by atoms with Crippen molar-refractivity contribution in [1.82, 2.24) is 4.98 Å². The number of nitrogens with zero attached hydrogens (tertiary/aromatic N) is 1. The summed E-state index contributed by atoms with van der Waals surface area (Å²) in [5.74, 6) is 3.90. The molecule has 0 atom stereocenters. The minimum Gasteiger partial charge on any atom is -0.454 e. The molecule has 0 aliphatic carbocycles. The smallest absolute Gasteiger partial charge is 0.231 e. The minimum atomic E-state index is 0.321. The number of hydrogen-bond donors (Lipinski definition) is 0. The number of rotatable bonds is 0. The summed E-state index contributed by atoms with van der Waals surface area (Å²) in [6, 6.07) is 6.26. The van der Waals surface area contributed by atoms with Gasteiger partial charge in [-0.1, -0.05) is 0 Å². The number of thioether (sulfide) groups is 1. The number of ether oxygens (including phenoxy) is 2. The Balaban J connectivity index is 1.97. The molecule has 0 amide bonds. The molecule has 0 N–H and O–H groups in total. The molecule has 17 heavy (non-hydrogen) atoms. The Morgan fingerprint density at radius 2 is 2.00 bits per heavy atom. The van der Waals surface area contributed by atoms with Gasteiger partial charge in [0.1, 0.15) is 0 Å². The Kier molecular flexibility index (Phi) is 1.99. The lowest BCUT2D eigenvalue weighted by Gasteiger charge is -2.15. The largest absolute Gasteiger partial charge is 0.454 e. The molecule has 0 saturated carbocycles. The Morgan fingerprint density at radius 3 is 2.94 bits per heavy atom. The summed E-state index contributed by atoms with van der Waals surface area (Å²) in [5.41, 5.74) is 3.63. The van der Waals surface area contributed by atoms with Crippen molar-refractivity contribution in [2.45, 2.75) is 12.2 Å². The summed E-state index contributed by atoms with van der Waals surface area (Å²) < 4.78 is 10.8. The molecule has 0 spiro atoms. The summed E-state index contributed by atoms with van der Waals surface area (Å²) in [6.45, 7) is 0.321. The normalized spacial score (nSPS) is 17.2. The van der Waals surface area contributed by atoms with Gasteiger partial charge in [0.15, 0.2) is 11.5 Å². The topological polar surface area (TPSA) is 31.4 Å². The van der Waals surface area contributed by atoms with E-state index >= 15 is 0 Å². The predicted octanol–water partition coefficient (Wildman–Crippen LogP) is 2.75. The van der Waals surface area contributed by atoms with E-state index in [1.165, 1.54) is 17.0 Å². The maximum atomic E-state index is 5.40. The van der Waals surface area contributed by atoms with E-state index in [1.54, 1.807) is 0 Å². The first-order chi connectivity index (χ1) is 8.40. The highest BCUT2D eigenvalue weighted by molar-refractivity contribution is 7.98. The summed E-state index contributed by atoms with van der Waals surface area (Å²) in [5, 5.41) is 1.15. The van der Waals surface area contributed by atoms with Gasteiger partial charge in [-0.05, 0) is 29.9 Å². The Labute approximate surface area is 103 Å². The van der Waals surface area contributed by atoms with Crippen LogP contribution < -0.4 is 9.47 Å². The van der Waals surface area contributed by atoms with Crippen molar-refractivity contribution in [2.24, 2.45) is 0 Å². The van der Waals surface area contributed by atoms with Crippen LogP contribution >= 0.6 is 11.8 Å². The molecular weight excluding hydrogens is 234 g/mol. The maximum absolute atomic E-state index is 5.40. The van der Waals surface area contributed by atoms with Crippen molar-refractivity contribution in [2.75, 3.05) is 12.5 Å². The van der Waals surface area contributed by atoms with Gasteiger partial charge in [-0.15, -0.1) is 0 Å². The van der Waals surface area contributed by atoms with Gasteiger partial charge in [0.2, 0.25) is 6.79 Å². The molecule has 0 radical (unpaired) electrons. The number of aryl methyl sites for hydroxylation is 1. The molecule has 2 aromatic rings. The van der Waals surface area contributed by atoms with E-state index in [1.807, 2.05) is 23.9 Å². The Hall–Kier alpha value is -1.42.